The van der Waals surface area contributed by atoms with E-state index >= 15 is 0 Å². The quantitative estimate of drug-likeness (QED) is 0.770. The largest absolute Gasteiger partial charge is 0.377 e. The zero-order valence-corrected chi connectivity index (χ0v) is 12.1. The molecule has 2 aliphatic rings. The molecule has 1 atom stereocenters. The summed E-state index contributed by atoms with van der Waals surface area (Å²) in [6.07, 6.45) is 4.17. The summed E-state index contributed by atoms with van der Waals surface area (Å²) in [7, 11) is -1.48. The van der Waals surface area contributed by atoms with Crippen molar-refractivity contribution in [2.45, 2.75) is 44.2 Å². The minimum atomic E-state index is -3.14. The maximum absolute atomic E-state index is 12.2. The van der Waals surface area contributed by atoms with Gasteiger partial charge >= 0.3 is 0 Å². The van der Waals surface area contributed by atoms with Gasteiger partial charge in [-0.1, -0.05) is 0 Å². The van der Waals surface area contributed by atoms with Gasteiger partial charge in [0.1, 0.15) is 0 Å². The van der Waals surface area contributed by atoms with Crippen molar-refractivity contribution in [1.82, 2.24) is 9.62 Å². The predicted octanol–water partition coefficient (Wildman–Crippen LogP) is 0.569. The number of nitrogens with one attached hydrogen (secondary N) is 1. The molecule has 0 amide bonds. The van der Waals surface area contributed by atoms with Crippen LogP contribution in [0.15, 0.2) is 0 Å². The fourth-order valence-electron chi connectivity index (χ4n) is 2.37. The van der Waals surface area contributed by atoms with E-state index < -0.39 is 10.0 Å². The highest BCUT2D eigenvalue weighted by atomic mass is 32.2. The fourth-order valence-corrected chi connectivity index (χ4v) is 3.88. The van der Waals surface area contributed by atoms with Gasteiger partial charge < -0.3 is 10.1 Å². The number of piperidine rings is 1. The van der Waals surface area contributed by atoms with Crippen molar-refractivity contribution in [2.75, 3.05) is 32.5 Å². The van der Waals surface area contributed by atoms with Gasteiger partial charge in [0, 0.05) is 32.8 Å². The van der Waals surface area contributed by atoms with E-state index in [0.717, 1.165) is 12.8 Å². The van der Waals surface area contributed by atoms with E-state index in [2.05, 4.69) is 5.32 Å². The summed E-state index contributed by atoms with van der Waals surface area (Å²) in [5.41, 5.74) is -0.324. The molecule has 0 bridgehead atoms. The van der Waals surface area contributed by atoms with Gasteiger partial charge in [0.2, 0.25) is 10.0 Å². The fraction of sp³-hybridized carbons (Fsp3) is 1.00. The van der Waals surface area contributed by atoms with Crippen molar-refractivity contribution in [3.05, 3.63) is 0 Å². The molecule has 6 heteroatoms. The van der Waals surface area contributed by atoms with Gasteiger partial charge in [-0.3, -0.25) is 0 Å². The van der Waals surface area contributed by atoms with E-state index in [1.54, 1.807) is 11.4 Å². The first kappa shape index (κ1) is 14.2. The highest BCUT2D eigenvalue weighted by Gasteiger charge is 2.36. The molecule has 0 aromatic carbocycles. The van der Waals surface area contributed by atoms with Crippen LogP contribution in [-0.2, 0) is 14.8 Å². The van der Waals surface area contributed by atoms with Crippen LogP contribution in [0.3, 0.4) is 0 Å². The van der Waals surface area contributed by atoms with Crippen molar-refractivity contribution in [3.8, 4) is 0 Å². The molecule has 1 heterocycles. The Bertz CT molecular complexity index is 381. The smallest absolute Gasteiger partial charge is 0.215 e. The molecular formula is C12H24N2O3S. The first-order chi connectivity index (χ1) is 8.45. The standard InChI is InChI=1S/C12H24N2O3S/c1-12(17-2)6-3-8-14(10-12)18(15,16)9-7-13-11-4-5-11/h11,13H,3-10H2,1-2H3. The van der Waals surface area contributed by atoms with Crippen molar-refractivity contribution in [3.63, 3.8) is 0 Å². The molecule has 0 aromatic heterocycles. The summed E-state index contributed by atoms with van der Waals surface area (Å²) in [5, 5.41) is 3.25. The van der Waals surface area contributed by atoms with Crippen LogP contribution in [0.25, 0.3) is 0 Å². The Morgan fingerprint density at radius 2 is 2.17 bits per heavy atom. The molecule has 1 saturated carbocycles. The molecular weight excluding hydrogens is 252 g/mol. The maximum atomic E-state index is 12.2. The monoisotopic (exact) mass is 276 g/mol. The number of nitrogens with zero attached hydrogens (tertiary/aromatic N) is 1. The van der Waals surface area contributed by atoms with Gasteiger partial charge in [0.15, 0.2) is 0 Å². The van der Waals surface area contributed by atoms with E-state index in [-0.39, 0.29) is 11.4 Å². The summed E-state index contributed by atoms with van der Waals surface area (Å²) in [5.74, 6) is 0.198. The lowest BCUT2D eigenvalue weighted by molar-refractivity contribution is -0.0319. The highest BCUT2D eigenvalue weighted by molar-refractivity contribution is 7.89. The molecule has 0 aromatic rings. The molecule has 0 radical (unpaired) electrons. The minimum Gasteiger partial charge on any atom is -0.377 e. The van der Waals surface area contributed by atoms with Crippen molar-refractivity contribution in [2.24, 2.45) is 0 Å². The second-order valence-corrected chi connectivity index (χ2v) is 7.72. The molecule has 0 spiro atoms. The molecule has 18 heavy (non-hydrogen) atoms. The second kappa shape index (κ2) is 5.45. The zero-order valence-electron chi connectivity index (χ0n) is 11.3. The zero-order chi connectivity index (χ0) is 13.2. The molecule has 2 rings (SSSR count). The van der Waals surface area contributed by atoms with Crippen molar-refractivity contribution in [1.29, 1.82) is 0 Å². The second-order valence-electron chi connectivity index (χ2n) is 5.64. The molecule has 1 N–H and O–H groups in total. The summed E-state index contributed by atoms with van der Waals surface area (Å²) >= 11 is 0. The number of hydrogen-bond donors (Lipinski definition) is 1. The number of ether oxygens (including phenoxy) is 1. The minimum absolute atomic E-state index is 0.198. The van der Waals surface area contributed by atoms with Crippen molar-refractivity contribution >= 4 is 10.0 Å². The Labute approximate surface area is 110 Å². The molecule has 106 valence electrons. The highest BCUT2D eigenvalue weighted by Crippen LogP contribution is 2.25. The van der Waals surface area contributed by atoms with Gasteiger partial charge in [-0.25, -0.2) is 8.42 Å². The number of hydrogen-bond acceptors (Lipinski definition) is 4. The summed E-state index contributed by atoms with van der Waals surface area (Å²) in [6, 6.07) is 0.561. The third-order valence-corrected chi connectivity index (χ3v) is 5.70. The molecule has 1 unspecified atom stereocenters. The first-order valence-corrected chi connectivity index (χ1v) is 8.32. The lowest BCUT2D eigenvalue weighted by Gasteiger charge is -2.38. The molecule has 2 fully saturated rings. The van der Waals surface area contributed by atoms with Crippen LogP contribution >= 0.6 is 0 Å². The van der Waals surface area contributed by atoms with Crippen LogP contribution < -0.4 is 5.32 Å². The summed E-state index contributed by atoms with van der Waals surface area (Å²) in [4.78, 5) is 0. The van der Waals surface area contributed by atoms with E-state index in [1.807, 2.05) is 6.92 Å². The van der Waals surface area contributed by atoms with Gasteiger partial charge in [0.05, 0.1) is 11.4 Å². The third kappa shape index (κ3) is 3.66. The van der Waals surface area contributed by atoms with Crippen LogP contribution in [0.1, 0.15) is 32.6 Å². The molecule has 1 aliphatic carbocycles. The SMILES string of the molecule is COC1(C)CCCN(S(=O)(=O)CCNC2CC2)C1. The van der Waals surface area contributed by atoms with E-state index in [0.29, 0.717) is 25.7 Å². The average Bonchev–Trinajstić information content (AvgIpc) is 3.13. The lowest BCUT2D eigenvalue weighted by Crippen LogP contribution is -2.50. The Morgan fingerprint density at radius 3 is 2.78 bits per heavy atom. The number of rotatable bonds is 6. The van der Waals surface area contributed by atoms with Crippen LogP contribution in [0.2, 0.25) is 0 Å². The van der Waals surface area contributed by atoms with Crippen molar-refractivity contribution < 1.29 is 13.2 Å². The normalized spacial score (nSPS) is 30.6. The van der Waals surface area contributed by atoms with Crippen LogP contribution in [-0.4, -0.2) is 56.9 Å². The van der Waals surface area contributed by atoms with Gasteiger partial charge in [-0.2, -0.15) is 4.31 Å². The average molecular weight is 276 g/mol. The van der Waals surface area contributed by atoms with E-state index in [4.69, 9.17) is 4.74 Å². The van der Waals surface area contributed by atoms with Gasteiger partial charge in [0.25, 0.3) is 0 Å². The maximum Gasteiger partial charge on any atom is 0.215 e. The van der Waals surface area contributed by atoms with Crippen LogP contribution in [0.5, 0.6) is 0 Å². The number of sulfonamides is 1. The Balaban J connectivity index is 1.87. The van der Waals surface area contributed by atoms with Crippen LogP contribution in [0.4, 0.5) is 0 Å². The topological polar surface area (TPSA) is 58.6 Å². The summed E-state index contributed by atoms with van der Waals surface area (Å²) < 4.78 is 31.5. The number of methoxy groups -OCH3 is 1. The molecule has 5 nitrogen and oxygen atoms in total. The molecule has 1 aliphatic heterocycles. The van der Waals surface area contributed by atoms with Gasteiger partial charge in [-0.15, -0.1) is 0 Å². The summed E-state index contributed by atoms with van der Waals surface area (Å²) in [6.45, 7) is 3.66. The third-order valence-electron chi connectivity index (χ3n) is 3.88. The van der Waals surface area contributed by atoms with Gasteiger partial charge in [-0.05, 0) is 32.6 Å². The van der Waals surface area contributed by atoms with Crippen LogP contribution in [0, 0.1) is 0 Å². The Kier molecular flexibility index (Phi) is 4.31. The first-order valence-electron chi connectivity index (χ1n) is 6.72. The molecule has 1 saturated heterocycles. The van der Waals surface area contributed by atoms with E-state index in [1.165, 1.54) is 12.8 Å². The Hall–Kier alpha value is -0.170. The Morgan fingerprint density at radius 1 is 1.44 bits per heavy atom. The lowest BCUT2D eigenvalue weighted by atomic mass is 9.96. The predicted molar refractivity (Wildman–Crippen MR) is 71.0 cm³/mol. The van der Waals surface area contributed by atoms with E-state index in [9.17, 15) is 8.42 Å².